The van der Waals surface area contributed by atoms with Gasteiger partial charge in [0.25, 0.3) is 0 Å². The topological polar surface area (TPSA) is 138 Å². The number of carboxylic acid groups (broad SMARTS) is 1. The van der Waals surface area contributed by atoms with Crippen LogP contribution in [0.3, 0.4) is 0 Å². The standard InChI is InChI=1S/C20H14N4.C5H9NO3/c1-2-14-10-16-5-6-18(23-16)12-20-8-7-19(24-20)11-17-4-3-15(22-17)9-13(1)21-14;6-3-4(7)1-2-5(8)9/h1-12,21-22H;1-3,6H2,(H,8,9). The van der Waals surface area contributed by atoms with Gasteiger partial charge in [0.2, 0.25) is 0 Å². The molecular weight excluding hydrogens is 418 g/mol. The summed E-state index contributed by atoms with van der Waals surface area (Å²) in [5, 5.41) is 8.06. The van der Waals surface area contributed by atoms with E-state index in [1.54, 1.807) is 0 Å². The molecule has 8 bridgehead atoms. The van der Waals surface area contributed by atoms with Crippen LogP contribution in [0.2, 0.25) is 0 Å². The summed E-state index contributed by atoms with van der Waals surface area (Å²) >= 11 is 0. The molecule has 5 N–H and O–H groups in total. The third-order valence-electron chi connectivity index (χ3n) is 4.89. The van der Waals surface area contributed by atoms with Gasteiger partial charge < -0.3 is 20.8 Å². The van der Waals surface area contributed by atoms with Gasteiger partial charge in [-0.05, 0) is 72.8 Å². The molecule has 8 heteroatoms. The zero-order valence-corrected chi connectivity index (χ0v) is 17.8. The lowest BCUT2D eigenvalue weighted by Crippen LogP contribution is -2.14. The minimum Gasteiger partial charge on any atom is -0.481 e. The highest BCUT2D eigenvalue weighted by Crippen LogP contribution is 2.17. The van der Waals surface area contributed by atoms with Gasteiger partial charge in [0.05, 0.1) is 35.7 Å². The first kappa shape index (κ1) is 21.9. The maximum Gasteiger partial charge on any atom is 0.303 e. The molecule has 0 aliphatic carbocycles. The zero-order valence-electron chi connectivity index (χ0n) is 17.8. The average Bonchev–Trinajstić information content (AvgIpc) is 3.58. The van der Waals surface area contributed by atoms with Gasteiger partial charge in [-0.2, -0.15) is 0 Å². The largest absolute Gasteiger partial charge is 0.481 e. The van der Waals surface area contributed by atoms with Gasteiger partial charge in [-0.1, -0.05) is 0 Å². The molecule has 5 heterocycles. The number of carbonyl (C=O) groups is 2. The van der Waals surface area contributed by atoms with Crippen molar-refractivity contribution >= 4 is 58.1 Å². The molecule has 0 aromatic carbocycles. The Morgan fingerprint density at radius 3 is 1.55 bits per heavy atom. The van der Waals surface area contributed by atoms with E-state index in [1.165, 1.54) is 0 Å². The number of aromatic nitrogens is 4. The number of carboxylic acids is 1. The van der Waals surface area contributed by atoms with Gasteiger partial charge in [0.1, 0.15) is 5.78 Å². The minimum absolute atomic E-state index is 0.0475. The predicted octanol–water partition coefficient (Wildman–Crippen LogP) is 4.03. The van der Waals surface area contributed by atoms with Crippen LogP contribution in [-0.4, -0.2) is 43.3 Å². The number of nitrogens with zero attached hydrogens (tertiary/aromatic N) is 2. The molecule has 0 spiro atoms. The van der Waals surface area contributed by atoms with Crippen molar-refractivity contribution in [1.82, 2.24) is 19.9 Å². The predicted molar refractivity (Wildman–Crippen MR) is 130 cm³/mol. The second-order valence-corrected chi connectivity index (χ2v) is 7.54. The van der Waals surface area contributed by atoms with Gasteiger partial charge in [-0.3, -0.25) is 9.59 Å². The molecule has 166 valence electrons. The smallest absolute Gasteiger partial charge is 0.303 e. The van der Waals surface area contributed by atoms with Crippen LogP contribution in [0.1, 0.15) is 35.6 Å². The van der Waals surface area contributed by atoms with Gasteiger partial charge in [-0.15, -0.1) is 0 Å². The van der Waals surface area contributed by atoms with Crippen LogP contribution in [0, 0.1) is 0 Å². The van der Waals surface area contributed by atoms with E-state index >= 15 is 0 Å². The second kappa shape index (κ2) is 9.88. The summed E-state index contributed by atoms with van der Waals surface area (Å²) in [6.45, 7) is -0.0622. The normalized spacial score (nSPS) is 11.7. The van der Waals surface area contributed by atoms with E-state index < -0.39 is 5.97 Å². The third-order valence-corrected chi connectivity index (χ3v) is 4.89. The number of Topliss-reactive ketones (excluding diaryl/α,β-unsaturated/α-hetero) is 1. The van der Waals surface area contributed by atoms with E-state index in [4.69, 9.17) is 10.8 Å². The molecule has 0 unspecified atom stereocenters. The summed E-state index contributed by atoms with van der Waals surface area (Å²) in [6, 6.07) is 16.4. The molecule has 2 aliphatic rings. The number of nitrogens with two attached hydrogens (primary N) is 1. The number of aromatic amines is 2. The Morgan fingerprint density at radius 2 is 1.12 bits per heavy atom. The number of hydrogen-bond acceptors (Lipinski definition) is 5. The molecule has 0 atom stereocenters. The molecule has 0 radical (unpaired) electrons. The molecule has 5 rings (SSSR count). The highest BCUT2D eigenvalue weighted by atomic mass is 16.4. The Hall–Kier alpha value is -4.30. The van der Waals surface area contributed by atoms with Crippen molar-refractivity contribution in [2.75, 3.05) is 6.54 Å². The Morgan fingerprint density at radius 1 is 0.697 bits per heavy atom. The molecule has 3 aromatic rings. The first-order valence-corrected chi connectivity index (χ1v) is 10.4. The average molecular weight is 441 g/mol. The Bertz CT molecular complexity index is 1320. The van der Waals surface area contributed by atoms with Gasteiger partial charge in [0.15, 0.2) is 0 Å². The van der Waals surface area contributed by atoms with Crippen molar-refractivity contribution in [1.29, 1.82) is 0 Å². The summed E-state index contributed by atoms with van der Waals surface area (Å²) in [7, 11) is 0. The molecule has 0 fully saturated rings. The number of aliphatic carboxylic acids is 1. The van der Waals surface area contributed by atoms with E-state index in [0.717, 1.165) is 44.8 Å². The Labute approximate surface area is 189 Å². The molecular formula is C25H23N5O3. The van der Waals surface area contributed by atoms with Crippen molar-refractivity contribution in [3.05, 3.63) is 71.3 Å². The van der Waals surface area contributed by atoms with E-state index in [2.05, 4.69) is 50.3 Å². The highest BCUT2D eigenvalue weighted by Gasteiger charge is 2.03. The first-order chi connectivity index (χ1) is 16.0. The third kappa shape index (κ3) is 6.11. The molecule has 0 saturated heterocycles. The SMILES string of the molecule is C1=Cc2cc3ccc(cc4ccc(cc5nc(cc1n2)C=C5)[nH]4)[nH]3.NCC(=O)CCC(=O)O. The van der Waals surface area contributed by atoms with Gasteiger partial charge in [-0.25, -0.2) is 9.97 Å². The van der Waals surface area contributed by atoms with Crippen molar-refractivity contribution < 1.29 is 14.7 Å². The van der Waals surface area contributed by atoms with Crippen LogP contribution in [-0.2, 0) is 9.59 Å². The highest BCUT2D eigenvalue weighted by molar-refractivity contribution is 5.83. The summed E-state index contributed by atoms with van der Waals surface area (Å²) < 4.78 is 0. The minimum atomic E-state index is -0.961. The Balaban J connectivity index is 0.000000248. The van der Waals surface area contributed by atoms with Crippen LogP contribution in [0.15, 0.2) is 48.5 Å². The number of rotatable bonds is 4. The van der Waals surface area contributed by atoms with Crippen molar-refractivity contribution in [2.45, 2.75) is 12.8 Å². The number of fused-ring (bicyclic) bond motifs is 8. The number of H-pyrrole nitrogens is 2. The van der Waals surface area contributed by atoms with Crippen LogP contribution < -0.4 is 5.73 Å². The second-order valence-electron chi connectivity index (χ2n) is 7.54. The molecule has 0 amide bonds. The van der Waals surface area contributed by atoms with E-state index in [9.17, 15) is 9.59 Å². The van der Waals surface area contributed by atoms with Crippen LogP contribution in [0.25, 0.3) is 46.4 Å². The first-order valence-electron chi connectivity index (χ1n) is 10.4. The van der Waals surface area contributed by atoms with Gasteiger partial charge in [0, 0.05) is 28.5 Å². The number of nitrogens with one attached hydrogen (secondary N) is 2. The quantitative estimate of drug-likeness (QED) is 0.332. The van der Waals surface area contributed by atoms with Crippen molar-refractivity contribution in [2.24, 2.45) is 5.73 Å². The van der Waals surface area contributed by atoms with Crippen LogP contribution >= 0.6 is 0 Å². The molecule has 8 nitrogen and oxygen atoms in total. The lowest BCUT2D eigenvalue weighted by atomic mass is 10.2. The van der Waals surface area contributed by atoms with Gasteiger partial charge >= 0.3 is 5.97 Å². The van der Waals surface area contributed by atoms with Crippen molar-refractivity contribution in [3.8, 4) is 0 Å². The summed E-state index contributed by atoms with van der Waals surface area (Å²) in [5.74, 6) is -1.17. The van der Waals surface area contributed by atoms with E-state index in [-0.39, 0.29) is 25.2 Å². The van der Waals surface area contributed by atoms with Crippen LogP contribution in [0.5, 0.6) is 0 Å². The number of carbonyl (C=O) groups excluding carboxylic acids is 1. The molecule has 0 saturated carbocycles. The maximum atomic E-state index is 10.3. The fourth-order valence-electron chi connectivity index (χ4n) is 3.29. The molecule has 3 aromatic heterocycles. The fourth-order valence-corrected chi connectivity index (χ4v) is 3.29. The zero-order chi connectivity index (χ0) is 23.2. The maximum absolute atomic E-state index is 10.3. The lowest BCUT2D eigenvalue weighted by molar-refractivity contribution is -0.138. The van der Waals surface area contributed by atoms with Crippen LogP contribution in [0.4, 0.5) is 0 Å². The molecule has 33 heavy (non-hydrogen) atoms. The summed E-state index contributed by atoms with van der Waals surface area (Å²) in [5.41, 5.74) is 12.8. The lowest BCUT2D eigenvalue weighted by Gasteiger charge is -1.90. The summed E-state index contributed by atoms with van der Waals surface area (Å²) in [6.07, 6.45) is 7.98. The Kier molecular flexibility index (Phi) is 6.56. The molecule has 2 aliphatic heterocycles. The fraction of sp³-hybridized carbons (Fsp3) is 0.120. The monoisotopic (exact) mass is 441 g/mol. The number of hydrogen-bond donors (Lipinski definition) is 4. The summed E-state index contributed by atoms with van der Waals surface area (Å²) in [4.78, 5) is 36.2. The number of ketones is 1. The van der Waals surface area contributed by atoms with Crippen molar-refractivity contribution in [3.63, 3.8) is 0 Å². The van der Waals surface area contributed by atoms with E-state index in [1.807, 2.05) is 42.5 Å². The van der Waals surface area contributed by atoms with E-state index in [0.29, 0.717) is 0 Å².